The fourth-order valence-electron chi connectivity index (χ4n) is 2.71. The van der Waals surface area contributed by atoms with E-state index in [0.717, 1.165) is 24.8 Å². The second-order valence-electron chi connectivity index (χ2n) is 5.94. The molecule has 0 aromatic carbocycles. The summed E-state index contributed by atoms with van der Waals surface area (Å²) in [6, 6.07) is 3.72. The Morgan fingerprint density at radius 3 is 2.87 bits per heavy atom. The first-order valence-corrected chi connectivity index (χ1v) is 8.24. The molecule has 0 spiro atoms. The first-order chi connectivity index (χ1) is 11.1. The summed E-state index contributed by atoms with van der Waals surface area (Å²) in [6.45, 7) is 2.62. The lowest BCUT2D eigenvalue weighted by Gasteiger charge is -2.20. The van der Waals surface area contributed by atoms with Crippen molar-refractivity contribution in [2.24, 2.45) is 0 Å². The minimum Gasteiger partial charge on any atom is -0.354 e. The van der Waals surface area contributed by atoms with E-state index in [1.54, 1.807) is 12.4 Å². The molecule has 0 bridgehead atoms. The van der Waals surface area contributed by atoms with Gasteiger partial charge in [-0.2, -0.15) is 0 Å². The van der Waals surface area contributed by atoms with E-state index >= 15 is 0 Å². The number of aromatic nitrogens is 1. The summed E-state index contributed by atoms with van der Waals surface area (Å²) >= 11 is 0. The minimum absolute atomic E-state index is 0.0866. The molecule has 1 heterocycles. The molecule has 124 valence electrons. The van der Waals surface area contributed by atoms with E-state index in [1.165, 1.54) is 30.2 Å². The Hall–Kier alpha value is -2.17. The number of hydrogen-bond acceptors (Lipinski definition) is 3. The summed E-state index contributed by atoms with van der Waals surface area (Å²) in [7, 11) is 0. The maximum absolute atomic E-state index is 12.0. The van der Waals surface area contributed by atoms with Gasteiger partial charge in [-0.1, -0.05) is 17.7 Å². The van der Waals surface area contributed by atoms with Crippen molar-refractivity contribution in [3.8, 4) is 0 Å². The number of pyridine rings is 1. The Bertz CT molecular complexity index is 555. The van der Waals surface area contributed by atoms with Gasteiger partial charge in [0.25, 0.3) is 0 Å². The number of nitrogens with zero attached hydrogens (tertiary/aromatic N) is 2. The van der Waals surface area contributed by atoms with E-state index in [0.29, 0.717) is 13.1 Å². The van der Waals surface area contributed by atoms with Gasteiger partial charge in [0.2, 0.25) is 11.8 Å². The van der Waals surface area contributed by atoms with E-state index in [9.17, 15) is 9.59 Å². The molecule has 1 aliphatic rings. The molecule has 2 amide bonds. The van der Waals surface area contributed by atoms with Gasteiger partial charge >= 0.3 is 0 Å². The van der Waals surface area contributed by atoms with E-state index < -0.39 is 0 Å². The van der Waals surface area contributed by atoms with E-state index in [4.69, 9.17) is 0 Å². The summed E-state index contributed by atoms with van der Waals surface area (Å²) in [4.78, 5) is 29.3. The summed E-state index contributed by atoms with van der Waals surface area (Å²) in [5.41, 5.74) is 2.36. The lowest BCUT2D eigenvalue weighted by Crippen LogP contribution is -2.39. The normalized spacial score (nSPS) is 14.0. The summed E-state index contributed by atoms with van der Waals surface area (Å²) < 4.78 is 0. The van der Waals surface area contributed by atoms with Crippen LogP contribution in [0.4, 0.5) is 0 Å². The molecular weight excluding hydrogens is 290 g/mol. The highest BCUT2D eigenvalue weighted by molar-refractivity contribution is 5.83. The molecule has 0 fully saturated rings. The van der Waals surface area contributed by atoms with Crippen molar-refractivity contribution in [1.29, 1.82) is 0 Å². The second kappa shape index (κ2) is 9.08. The highest BCUT2D eigenvalue weighted by Crippen LogP contribution is 2.19. The Morgan fingerprint density at radius 1 is 1.35 bits per heavy atom. The van der Waals surface area contributed by atoms with Crippen molar-refractivity contribution in [2.45, 2.75) is 45.6 Å². The smallest absolute Gasteiger partial charge is 0.239 e. The first-order valence-electron chi connectivity index (χ1n) is 8.24. The molecule has 0 atom stereocenters. The molecule has 0 saturated carbocycles. The number of nitrogens with one attached hydrogen (secondary N) is 1. The van der Waals surface area contributed by atoms with Crippen molar-refractivity contribution in [3.63, 3.8) is 0 Å². The standard InChI is InChI=1S/C18H25N3O2/c1-15(22)21(13-17-8-5-10-19-12-17)14-18(23)20-11-9-16-6-3-2-4-7-16/h5-6,8,10,12H,2-4,7,9,11,13-14H2,1H3,(H,20,23). The van der Waals surface area contributed by atoms with Crippen molar-refractivity contribution in [3.05, 3.63) is 41.7 Å². The molecule has 2 rings (SSSR count). The predicted octanol–water partition coefficient (Wildman–Crippen LogP) is 2.44. The van der Waals surface area contributed by atoms with Crippen molar-refractivity contribution in [2.75, 3.05) is 13.1 Å². The monoisotopic (exact) mass is 315 g/mol. The maximum Gasteiger partial charge on any atom is 0.239 e. The minimum atomic E-state index is -0.112. The SMILES string of the molecule is CC(=O)N(CC(=O)NCCC1=CCCCC1)Cc1cccnc1. The van der Waals surface area contributed by atoms with Crippen LogP contribution in [0.2, 0.25) is 0 Å². The number of carbonyl (C=O) groups excluding carboxylic acids is 2. The third-order valence-electron chi connectivity index (χ3n) is 4.03. The van der Waals surface area contributed by atoms with Gasteiger partial charge < -0.3 is 10.2 Å². The van der Waals surface area contributed by atoms with Crippen molar-refractivity contribution < 1.29 is 9.59 Å². The zero-order valence-electron chi connectivity index (χ0n) is 13.8. The number of rotatable bonds is 7. The molecule has 0 aliphatic heterocycles. The Balaban J connectivity index is 1.76. The van der Waals surface area contributed by atoms with Gasteiger partial charge in [0.05, 0.1) is 6.54 Å². The van der Waals surface area contributed by atoms with Crippen molar-refractivity contribution in [1.82, 2.24) is 15.2 Å². The van der Waals surface area contributed by atoms with E-state index in [2.05, 4.69) is 16.4 Å². The number of allylic oxidation sites excluding steroid dienone is 1. The van der Waals surface area contributed by atoms with Crippen LogP contribution < -0.4 is 5.32 Å². The van der Waals surface area contributed by atoms with Crippen LogP contribution in [0.5, 0.6) is 0 Å². The Morgan fingerprint density at radius 2 is 2.22 bits per heavy atom. The van der Waals surface area contributed by atoms with Gasteiger partial charge in [0.1, 0.15) is 0 Å². The average Bonchev–Trinajstić information content (AvgIpc) is 2.56. The van der Waals surface area contributed by atoms with Crippen molar-refractivity contribution >= 4 is 11.8 Å². The van der Waals surface area contributed by atoms with Crippen LogP contribution >= 0.6 is 0 Å². The molecule has 5 nitrogen and oxygen atoms in total. The average molecular weight is 315 g/mol. The summed E-state index contributed by atoms with van der Waals surface area (Å²) in [5, 5.41) is 2.91. The molecule has 0 unspecified atom stereocenters. The lowest BCUT2D eigenvalue weighted by molar-refractivity contribution is -0.134. The molecule has 1 N–H and O–H groups in total. The van der Waals surface area contributed by atoms with Gasteiger partial charge in [-0.3, -0.25) is 14.6 Å². The fourth-order valence-corrected chi connectivity index (χ4v) is 2.71. The molecule has 1 aromatic heterocycles. The first kappa shape index (κ1) is 17.2. The molecular formula is C18H25N3O2. The topological polar surface area (TPSA) is 62.3 Å². The summed E-state index contributed by atoms with van der Waals surface area (Å²) in [5.74, 6) is -0.223. The van der Waals surface area contributed by atoms with E-state index in [-0.39, 0.29) is 18.4 Å². The molecule has 0 saturated heterocycles. The second-order valence-corrected chi connectivity index (χ2v) is 5.94. The van der Waals surface area contributed by atoms with Crippen LogP contribution in [0.3, 0.4) is 0 Å². The van der Waals surface area contributed by atoms with Crippen LogP contribution in [-0.4, -0.2) is 34.8 Å². The quantitative estimate of drug-likeness (QED) is 0.786. The molecule has 23 heavy (non-hydrogen) atoms. The van der Waals surface area contributed by atoms with Crippen LogP contribution in [0.15, 0.2) is 36.2 Å². The van der Waals surface area contributed by atoms with Gasteiger partial charge in [0, 0.05) is 32.4 Å². The zero-order valence-corrected chi connectivity index (χ0v) is 13.8. The Labute approximate surface area is 137 Å². The lowest BCUT2D eigenvalue weighted by atomic mass is 9.97. The van der Waals surface area contributed by atoms with Crippen LogP contribution in [-0.2, 0) is 16.1 Å². The zero-order chi connectivity index (χ0) is 16.5. The number of hydrogen-bond donors (Lipinski definition) is 1. The number of carbonyl (C=O) groups is 2. The van der Waals surface area contributed by atoms with Gasteiger partial charge in [-0.05, 0) is 43.7 Å². The maximum atomic E-state index is 12.0. The van der Waals surface area contributed by atoms with Crippen LogP contribution in [0.1, 0.15) is 44.6 Å². The van der Waals surface area contributed by atoms with E-state index in [1.807, 2.05) is 12.1 Å². The third-order valence-corrected chi connectivity index (χ3v) is 4.03. The summed E-state index contributed by atoms with van der Waals surface area (Å²) in [6.07, 6.45) is 11.4. The third kappa shape index (κ3) is 6.22. The molecule has 5 heteroatoms. The van der Waals surface area contributed by atoms with Crippen LogP contribution in [0.25, 0.3) is 0 Å². The molecule has 1 aromatic rings. The largest absolute Gasteiger partial charge is 0.354 e. The number of amides is 2. The molecule has 0 radical (unpaired) electrons. The Kier molecular flexibility index (Phi) is 6.78. The van der Waals surface area contributed by atoms with Gasteiger partial charge in [-0.25, -0.2) is 0 Å². The molecule has 1 aliphatic carbocycles. The fraction of sp³-hybridized carbons (Fsp3) is 0.500. The van der Waals surface area contributed by atoms with Gasteiger partial charge in [-0.15, -0.1) is 0 Å². The van der Waals surface area contributed by atoms with Gasteiger partial charge in [0.15, 0.2) is 0 Å². The predicted molar refractivity (Wildman–Crippen MR) is 89.5 cm³/mol. The van der Waals surface area contributed by atoms with Crippen LogP contribution in [0, 0.1) is 0 Å². The highest BCUT2D eigenvalue weighted by Gasteiger charge is 2.14. The highest BCUT2D eigenvalue weighted by atomic mass is 16.2.